The number of rotatable bonds is 7. The minimum Gasteiger partial charge on any atom is -0.334 e. The second kappa shape index (κ2) is 9.05. The average molecular weight is 399 g/mol. The fourth-order valence-corrected chi connectivity index (χ4v) is 2.89. The highest BCUT2D eigenvalue weighted by atomic mass is 19.1. The van der Waals surface area contributed by atoms with Crippen LogP contribution in [-0.2, 0) is 11.3 Å². The molecule has 29 heavy (non-hydrogen) atoms. The number of hydrogen-bond donors (Lipinski definition) is 5. The Hall–Kier alpha value is -3.62. The molecular weight excluding hydrogens is 377 g/mol. The zero-order chi connectivity index (χ0) is 20.8. The first-order chi connectivity index (χ1) is 13.9. The average Bonchev–Trinajstić information content (AvgIpc) is 3.06. The van der Waals surface area contributed by atoms with Crippen molar-refractivity contribution in [2.45, 2.75) is 32.4 Å². The van der Waals surface area contributed by atoms with E-state index < -0.39 is 12.1 Å². The van der Waals surface area contributed by atoms with Crippen LogP contribution in [0.3, 0.4) is 0 Å². The zero-order valence-electron chi connectivity index (χ0n) is 15.8. The summed E-state index contributed by atoms with van der Waals surface area (Å²) in [6.45, 7) is 2.12. The van der Waals surface area contributed by atoms with Gasteiger partial charge < -0.3 is 25.9 Å². The van der Waals surface area contributed by atoms with Gasteiger partial charge >= 0.3 is 11.7 Å². The predicted octanol–water partition coefficient (Wildman–Crippen LogP) is 2.60. The van der Waals surface area contributed by atoms with Crippen LogP contribution in [0.1, 0.15) is 25.3 Å². The van der Waals surface area contributed by atoms with Gasteiger partial charge in [-0.3, -0.25) is 4.79 Å². The topological polar surface area (TPSA) is 119 Å². The molecule has 3 rings (SSSR count). The lowest BCUT2D eigenvalue weighted by molar-refractivity contribution is -0.118. The van der Waals surface area contributed by atoms with Crippen molar-refractivity contribution in [3.05, 3.63) is 64.3 Å². The van der Waals surface area contributed by atoms with Crippen molar-refractivity contribution >= 4 is 28.7 Å². The molecule has 0 bridgehead atoms. The summed E-state index contributed by atoms with van der Waals surface area (Å²) in [6, 6.07) is 9.56. The minimum absolute atomic E-state index is 0.212. The number of aromatic amines is 2. The first-order valence-corrected chi connectivity index (χ1v) is 9.26. The van der Waals surface area contributed by atoms with Crippen molar-refractivity contribution in [3.8, 4) is 0 Å². The largest absolute Gasteiger partial charge is 0.334 e. The van der Waals surface area contributed by atoms with E-state index in [4.69, 9.17) is 0 Å². The number of hydrogen-bond acceptors (Lipinski definition) is 3. The van der Waals surface area contributed by atoms with E-state index >= 15 is 0 Å². The number of carbonyl (C=O) groups excluding carboxylic acids is 2. The highest BCUT2D eigenvalue weighted by Gasteiger charge is 2.20. The van der Waals surface area contributed by atoms with Crippen LogP contribution in [0.2, 0.25) is 0 Å². The Labute approximate surface area is 165 Å². The number of fused-ring (bicyclic) bond motifs is 1. The quantitative estimate of drug-likeness (QED) is 0.420. The Morgan fingerprint density at radius 3 is 2.52 bits per heavy atom. The highest BCUT2D eigenvalue weighted by molar-refractivity contribution is 5.98. The summed E-state index contributed by atoms with van der Waals surface area (Å²) in [4.78, 5) is 41.4. The summed E-state index contributed by atoms with van der Waals surface area (Å²) in [7, 11) is 0. The van der Waals surface area contributed by atoms with Crippen LogP contribution in [0.4, 0.5) is 14.9 Å². The van der Waals surface area contributed by atoms with Crippen LogP contribution in [0, 0.1) is 5.82 Å². The lowest BCUT2D eigenvalue weighted by atomic mass is 10.1. The number of halogens is 1. The summed E-state index contributed by atoms with van der Waals surface area (Å²) in [5.41, 5.74) is 2.13. The molecule has 3 aromatic rings. The third kappa shape index (κ3) is 5.44. The van der Waals surface area contributed by atoms with E-state index in [2.05, 4.69) is 25.9 Å². The molecule has 5 N–H and O–H groups in total. The summed E-state index contributed by atoms with van der Waals surface area (Å²) in [5.74, 6) is -0.708. The molecular formula is C20H22FN5O3. The number of benzene rings is 2. The number of carbonyl (C=O) groups is 2. The molecule has 8 nitrogen and oxygen atoms in total. The fraction of sp³-hybridized carbons (Fsp3) is 0.250. The Morgan fingerprint density at radius 2 is 1.79 bits per heavy atom. The maximum Gasteiger partial charge on any atom is 0.323 e. The Balaban J connectivity index is 1.59. The van der Waals surface area contributed by atoms with Crippen molar-refractivity contribution in [1.29, 1.82) is 0 Å². The van der Waals surface area contributed by atoms with E-state index in [-0.39, 0.29) is 24.0 Å². The van der Waals surface area contributed by atoms with E-state index in [1.54, 1.807) is 30.3 Å². The van der Waals surface area contributed by atoms with Gasteiger partial charge in [0, 0.05) is 12.2 Å². The molecule has 0 aliphatic heterocycles. The molecule has 3 amide bonds. The van der Waals surface area contributed by atoms with Crippen LogP contribution < -0.4 is 21.6 Å². The van der Waals surface area contributed by atoms with Gasteiger partial charge in [0.1, 0.15) is 11.9 Å². The monoisotopic (exact) mass is 399 g/mol. The van der Waals surface area contributed by atoms with Crippen molar-refractivity contribution in [1.82, 2.24) is 20.6 Å². The summed E-state index contributed by atoms with van der Waals surface area (Å²) in [6.07, 6.45) is 1.15. The van der Waals surface area contributed by atoms with Gasteiger partial charge in [-0.2, -0.15) is 0 Å². The van der Waals surface area contributed by atoms with Crippen LogP contribution >= 0.6 is 0 Å². The molecule has 0 fully saturated rings. The third-order valence-electron chi connectivity index (χ3n) is 4.35. The number of urea groups is 1. The molecule has 152 valence electrons. The molecule has 1 aromatic heterocycles. The van der Waals surface area contributed by atoms with E-state index in [9.17, 15) is 18.8 Å². The third-order valence-corrected chi connectivity index (χ3v) is 4.35. The van der Waals surface area contributed by atoms with E-state index in [0.29, 0.717) is 29.6 Å². The maximum absolute atomic E-state index is 12.9. The lowest BCUT2D eigenvalue weighted by Crippen LogP contribution is -2.47. The molecule has 0 spiro atoms. The smallest absolute Gasteiger partial charge is 0.323 e. The minimum atomic E-state index is -0.728. The fourth-order valence-electron chi connectivity index (χ4n) is 2.89. The van der Waals surface area contributed by atoms with Crippen LogP contribution in [-0.4, -0.2) is 27.9 Å². The number of aromatic nitrogens is 2. The van der Waals surface area contributed by atoms with E-state index in [1.165, 1.54) is 12.1 Å². The molecule has 1 unspecified atom stereocenters. The zero-order valence-corrected chi connectivity index (χ0v) is 15.8. The molecule has 1 heterocycles. The van der Waals surface area contributed by atoms with Crippen molar-refractivity contribution in [3.63, 3.8) is 0 Å². The molecule has 0 radical (unpaired) electrons. The first kappa shape index (κ1) is 20.1. The maximum atomic E-state index is 12.9. The molecule has 0 saturated carbocycles. The van der Waals surface area contributed by atoms with Gasteiger partial charge in [0.15, 0.2) is 0 Å². The number of amides is 3. The second-order valence-electron chi connectivity index (χ2n) is 6.62. The molecule has 0 aliphatic carbocycles. The SMILES string of the molecule is CCCC(NC(=O)NCc1ccc(F)cc1)C(=O)Nc1ccc2[nH]c(=O)[nH]c2c1. The Kier molecular flexibility index (Phi) is 6.28. The van der Waals surface area contributed by atoms with Gasteiger partial charge in [0.25, 0.3) is 0 Å². The van der Waals surface area contributed by atoms with Gasteiger partial charge in [-0.1, -0.05) is 25.5 Å². The van der Waals surface area contributed by atoms with E-state index in [0.717, 1.165) is 5.56 Å². The Bertz CT molecular complexity index is 1060. The molecule has 2 aromatic carbocycles. The van der Waals surface area contributed by atoms with Gasteiger partial charge in [-0.15, -0.1) is 0 Å². The number of anilines is 1. The summed E-state index contributed by atoms with van der Waals surface area (Å²) >= 11 is 0. The lowest BCUT2D eigenvalue weighted by Gasteiger charge is -2.18. The van der Waals surface area contributed by atoms with E-state index in [1.807, 2.05) is 6.92 Å². The van der Waals surface area contributed by atoms with Crippen LogP contribution in [0.15, 0.2) is 47.3 Å². The van der Waals surface area contributed by atoms with Gasteiger partial charge in [0.2, 0.25) is 5.91 Å². The molecule has 1 atom stereocenters. The van der Waals surface area contributed by atoms with Crippen molar-refractivity contribution in [2.24, 2.45) is 0 Å². The molecule has 0 aliphatic rings. The first-order valence-electron chi connectivity index (χ1n) is 9.26. The molecule has 9 heteroatoms. The van der Waals surface area contributed by atoms with Gasteiger partial charge in [-0.25, -0.2) is 14.0 Å². The number of nitrogens with one attached hydrogen (secondary N) is 5. The number of H-pyrrole nitrogens is 2. The van der Waals surface area contributed by atoms with Crippen molar-refractivity contribution < 1.29 is 14.0 Å². The van der Waals surface area contributed by atoms with Crippen LogP contribution in [0.5, 0.6) is 0 Å². The predicted molar refractivity (Wildman–Crippen MR) is 108 cm³/mol. The van der Waals surface area contributed by atoms with Crippen molar-refractivity contribution in [2.75, 3.05) is 5.32 Å². The number of imidazole rings is 1. The van der Waals surface area contributed by atoms with Gasteiger partial charge in [0.05, 0.1) is 11.0 Å². The standard InChI is InChI=1S/C20H22FN5O3/c1-2-3-16(25-19(28)22-11-12-4-6-13(21)7-5-12)18(27)23-14-8-9-15-17(10-14)26-20(29)24-15/h4-10,16H,2-3,11H2,1H3,(H,23,27)(H2,22,25,28)(H2,24,26,29). The summed E-state index contributed by atoms with van der Waals surface area (Å²) in [5, 5.41) is 8.07. The normalized spacial score (nSPS) is 11.8. The van der Waals surface area contributed by atoms with Crippen LogP contribution in [0.25, 0.3) is 11.0 Å². The van der Waals surface area contributed by atoms with Gasteiger partial charge in [-0.05, 0) is 42.3 Å². The molecule has 0 saturated heterocycles. The Morgan fingerprint density at radius 1 is 1.07 bits per heavy atom. The summed E-state index contributed by atoms with van der Waals surface area (Å²) < 4.78 is 12.9. The second-order valence-corrected chi connectivity index (χ2v) is 6.62. The highest BCUT2D eigenvalue weighted by Crippen LogP contribution is 2.15.